The standard InChI is InChI=1S/C14H22O2/c1-11(2)9-13(15)12-5-8-16-14(10-12)6-3-4-7-14/h9,12H,3-8,10H2,1-2H3. The minimum atomic E-state index is 0.0636. The summed E-state index contributed by atoms with van der Waals surface area (Å²) in [6, 6.07) is 0. The smallest absolute Gasteiger partial charge is 0.158 e. The molecule has 1 saturated carbocycles. The van der Waals surface area contributed by atoms with Crippen molar-refractivity contribution in [3.63, 3.8) is 0 Å². The lowest BCUT2D eigenvalue weighted by atomic mass is 9.82. The quantitative estimate of drug-likeness (QED) is 0.670. The summed E-state index contributed by atoms with van der Waals surface area (Å²) in [7, 11) is 0. The summed E-state index contributed by atoms with van der Waals surface area (Å²) in [6.45, 7) is 4.75. The van der Waals surface area contributed by atoms with Crippen molar-refractivity contribution in [2.24, 2.45) is 5.92 Å². The average molecular weight is 222 g/mol. The van der Waals surface area contributed by atoms with Crippen molar-refractivity contribution in [3.8, 4) is 0 Å². The molecule has 2 rings (SSSR count). The molecule has 1 aliphatic carbocycles. The molecule has 1 unspecified atom stereocenters. The molecule has 1 spiro atoms. The molecule has 0 amide bonds. The van der Waals surface area contributed by atoms with E-state index in [-0.39, 0.29) is 11.5 Å². The Labute approximate surface area is 98.1 Å². The summed E-state index contributed by atoms with van der Waals surface area (Å²) in [6.07, 6.45) is 8.52. The number of ketones is 1. The van der Waals surface area contributed by atoms with Gasteiger partial charge in [-0.3, -0.25) is 4.79 Å². The van der Waals surface area contributed by atoms with E-state index >= 15 is 0 Å². The Morgan fingerprint density at radius 1 is 1.31 bits per heavy atom. The first-order chi connectivity index (χ1) is 7.61. The molecule has 1 atom stereocenters. The van der Waals surface area contributed by atoms with Crippen LogP contribution in [0.3, 0.4) is 0 Å². The normalized spacial score (nSPS) is 28.0. The van der Waals surface area contributed by atoms with Gasteiger partial charge in [0.2, 0.25) is 0 Å². The van der Waals surface area contributed by atoms with Gasteiger partial charge in [-0.2, -0.15) is 0 Å². The van der Waals surface area contributed by atoms with E-state index in [1.807, 2.05) is 13.8 Å². The van der Waals surface area contributed by atoms with E-state index in [0.717, 1.165) is 37.9 Å². The van der Waals surface area contributed by atoms with E-state index in [4.69, 9.17) is 4.74 Å². The zero-order chi connectivity index (χ0) is 11.6. The Kier molecular flexibility index (Phi) is 3.48. The van der Waals surface area contributed by atoms with Crippen LogP contribution in [-0.4, -0.2) is 18.0 Å². The summed E-state index contributed by atoms with van der Waals surface area (Å²) in [5, 5.41) is 0. The van der Waals surface area contributed by atoms with Crippen molar-refractivity contribution in [2.45, 2.75) is 58.0 Å². The fraction of sp³-hybridized carbons (Fsp3) is 0.786. The Balaban J connectivity index is 2.01. The maximum Gasteiger partial charge on any atom is 0.158 e. The van der Waals surface area contributed by atoms with E-state index < -0.39 is 0 Å². The SMILES string of the molecule is CC(C)=CC(=O)C1CCOC2(CCCC2)C1. The third kappa shape index (κ3) is 2.54. The van der Waals surface area contributed by atoms with Gasteiger partial charge in [0.1, 0.15) is 0 Å². The van der Waals surface area contributed by atoms with E-state index in [1.54, 1.807) is 6.08 Å². The Morgan fingerprint density at radius 2 is 2.00 bits per heavy atom. The van der Waals surface area contributed by atoms with Gasteiger partial charge in [-0.05, 0) is 45.6 Å². The molecule has 2 heteroatoms. The minimum absolute atomic E-state index is 0.0636. The van der Waals surface area contributed by atoms with E-state index in [1.165, 1.54) is 12.8 Å². The fourth-order valence-electron chi connectivity index (χ4n) is 3.04. The monoisotopic (exact) mass is 222 g/mol. The molecule has 0 radical (unpaired) electrons. The van der Waals surface area contributed by atoms with Crippen LogP contribution >= 0.6 is 0 Å². The predicted octanol–water partition coefficient (Wildman–Crippen LogP) is 3.26. The highest BCUT2D eigenvalue weighted by Gasteiger charge is 2.41. The second kappa shape index (κ2) is 4.70. The maximum absolute atomic E-state index is 12.0. The van der Waals surface area contributed by atoms with Crippen LogP contribution in [0.25, 0.3) is 0 Å². The molecule has 0 aromatic carbocycles. The van der Waals surface area contributed by atoms with Gasteiger partial charge < -0.3 is 4.74 Å². The molecular formula is C14H22O2. The molecule has 1 aliphatic heterocycles. The molecule has 16 heavy (non-hydrogen) atoms. The second-order valence-corrected chi connectivity index (χ2v) is 5.55. The van der Waals surface area contributed by atoms with Crippen LogP contribution < -0.4 is 0 Å². The number of carbonyl (C=O) groups excluding carboxylic acids is 1. The summed E-state index contributed by atoms with van der Waals surface area (Å²) in [5.74, 6) is 0.524. The lowest BCUT2D eigenvalue weighted by Gasteiger charge is -2.37. The van der Waals surface area contributed by atoms with Gasteiger partial charge >= 0.3 is 0 Å². The van der Waals surface area contributed by atoms with Crippen molar-refractivity contribution in [1.82, 2.24) is 0 Å². The summed E-state index contributed by atoms with van der Waals surface area (Å²) in [5.41, 5.74) is 1.17. The van der Waals surface area contributed by atoms with Crippen molar-refractivity contribution in [3.05, 3.63) is 11.6 Å². The zero-order valence-electron chi connectivity index (χ0n) is 10.4. The zero-order valence-corrected chi connectivity index (χ0v) is 10.4. The molecule has 1 heterocycles. The van der Waals surface area contributed by atoms with Gasteiger partial charge in [-0.15, -0.1) is 0 Å². The first-order valence-electron chi connectivity index (χ1n) is 6.44. The highest BCUT2D eigenvalue weighted by molar-refractivity contribution is 5.92. The van der Waals surface area contributed by atoms with Crippen molar-refractivity contribution in [2.75, 3.05) is 6.61 Å². The largest absolute Gasteiger partial charge is 0.375 e. The average Bonchev–Trinajstić information content (AvgIpc) is 2.65. The van der Waals surface area contributed by atoms with Gasteiger partial charge in [0.05, 0.1) is 5.60 Å². The summed E-state index contributed by atoms with van der Waals surface area (Å²) in [4.78, 5) is 12.0. The first kappa shape index (κ1) is 11.8. The van der Waals surface area contributed by atoms with Gasteiger partial charge in [-0.25, -0.2) is 0 Å². The van der Waals surface area contributed by atoms with Crippen LogP contribution in [-0.2, 0) is 9.53 Å². The number of ether oxygens (including phenoxy) is 1. The van der Waals surface area contributed by atoms with E-state index in [9.17, 15) is 4.79 Å². The summed E-state index contributed by atoms with van der Waals surface area (Å²) < 4.78 is 5.94. The van der Waals surface area contributed by atoms with Crippen molar-refractivity contribution >= 4 is 5.78 Å². The Bertz CT molecular complexity index is 294. The Hall–Kier alpha value is -0.630. The van der Waals surface area contributed by atoms with Crippen molar-refractivity contribution in [1.29, 1.82) is 0 Å². The number of rotatable bonds is 2. The predicted molar refractivity (Wildman–Crippen MR) is 64.3 cm³/mol. The van der Waals surface area contributed by atoms with Gasteiger partial charge in [0, 0.05) is 12.5 Å². The molecule has 1 saturated heterocycles. The second-order valence-electron chi connectivity index (χ2n) is 5.55. The minimum Gasteiger partial charge on any atom is -0.375 e. The number of hydrogen-bond acceptors (Lipinski definition) is 2. The highest BCUT2D eigenvalue weighted by Crippen LogP contribution is 2.42. The fourth-order valence-corrected chi connectivity index (χ4v) is 3.04. The molecule has 2 nitrogen and oxygen atoms in total. The first-order valence-corrected chi connectivity index (χ1v) is 6.44. The molecule has 90 valence electrons. The lowest BCUT2D eigenvalue weighted by Crippen LogP contribution is -2.39. The van der Waals surface area contributed by atoms with Crippen LogP contribution in [0.5, 0.6) is 0 Å². The topological polar surface area (TPSA) is 26.3 Å². The van der Waals surface area contributed by atoms with E-state index in [0.29, 0.717) is 5.78 Å². The maximum atomic E-state index is 12.0. The molecule has 0 N–H and O–H groups in total. The molecule has 0 aromatic heterocycles. The van der Waals surface area contributed by atoms with Gasteiger partial charge in [-0.1, -0.05) is 18.4 Å². The number of hydrogen-bond donors (Lipinski definition) is 0. The highest BCUT2D eigenvalue weighted by atomic mass is 16.5. The lowest BCUT2D eigenvalue weighted by molar-refractivity contribution is -0.132. The number of carbonyl (C=O) groups is 1. The number of allylic oxidation sites excluding steroid dienone is 2. The molecule has 0 aromatic rings. The van der Waals surface area contributed by atoms with Gasteiger partial charge in [0.25, 0.3) is 0 Å². The van der Waals surface area contributed by atoms with Crippen LogP contribution in [0.15, 0.2) is 11.6 Å². The molecule has 0 bridgehead atoms. The molecule has 2 aliphatic rings. The molecule has 2 fully saturated rings. The van der Waals surface area contributed by atoms with Crippen molar-refractivity contribution < 1.29 is 9.53 Å². The van der Waals surface area contributed by atoms with Crippen LogP contribution in [0.2, 0.25) is 0 Å². The summed E-state index contributed by atoms with van der Waals surface area (Å²) >= 11 is 0. The van der Waals surface area contributed by atoms with E-state index in [2.05, 4.69) is 0 Å². The molecular weight excluding hydrogens is 200 g/mol. The van der Waals surface area contributed by atoms with Crippen LogP contribution in [0.1, 0.15) is 52.4 Å². The third-order valence-corrected chi connectivity index (χ3v) is 3.84. The Morgan fingerprint density at radius 3 is 2.62 bits per heavy atom. The van der Waals surface area contributed by atoms with Crippen LogP contribution in [0, 0.1) is 5.92 Å². The third-order valence-electron chi connectivity index (χ3n) is 3.84. The van der Waals surface area contributed by atoms with Crippen LogP contribution in [0.4, 0.5) is 0 Å². The van der Waals surface area contributed by atoms with Gasteiger partial charge in [0.15, 0.2) is 5.78 Å².